The molecule has 3 rings (SSSR count). The first-order chi connectivity index (χ1) is 15.0. The smallest absolute Gasteiger partial charge is 0.295 e. The number of aliphatic hydroxyl groups is 1. The van der Waals surface area contributed by atoms with Crippen LogP contribution in [0.1, 0.15) is 37.4 Å². The predicted octanol–water partition coefficient (Wildman–Crippen LogP) is 4.07. The molecule has 1 saturated heterocycles. The fourth-order valence-electron chi connectivity index (χ4n) is 3.61. The molecule has 1 N–H and O–H groups in total. The third kappa shape index (κ3) is 4.94. The summed E-state index contributed by atoms with van der Waals surface area (Å²) < 4.78 is 24.2. The number of Topliss-reactive ketones (excluding diaryl/α,β-unsaturated/α-hetero) is 1. The van der Waals surface area contributed by atoms with Gasteiger partial charge in [-0.3, -0.25) is 9.59 Å². The Morgan fingerprint density at radius 2 is 1.71 bits per heavy atom. The van der Waals surface area contributed by atoms with Gasteiger partial charge in [0, 0.05) is 25.3 Å². The maximum atomic E-state index is 13.5. The van der Waals surface area contributed by atoms with E-state index in [4.69, 9.17) is 9.47 Å². The fraction of sp³-hybridized carbons (Fsp3) is 0.333. The fourth-order valence-corrected chi connectivity index (χ4v) is 3.61. The van der Waals surface area contributed by atoms with Crippen molar-refractivity contribution in [2.75, 3.05) is 26.4 Å². The van der Waals surface area contributed by atoms with Crippen molar-refractivity contribution in [2.45, 2.75) is 26.3 Å². The Kier molecular flexibility index (Phi) is 7.41. The van der Waals surface area contributed by atoms with Gasteiger partial charge in [-0.1, -0.05) is 12.1 Å². The summed E-state index contributed by atoms with van der Waals surface area (Å²) in [5, 5.41) is 11.0. The van der Waals surface area contributed by atoms with E-state index < -0.39 is 23.5 Å². The van der Waals surface area contributed by atoms with Gasteiger partial charge in [0.15, 0.2) is 0 Å². The second-order valence-electron chi connectivity index (χ2n) is 7.05. The van der Waals surface area contributed by atoms with Crippen molar-refractivity contribution in [3.05, 3.63) is 71.0 Å². The molecule has 1 aliphatic heterocycles. The second kappa shape index (κ2) is 10.2. The highest BCUT2D eigenvalue weighted by Gasteiger charge is 2.45. The molecule has 31 heavy (non-hydrogen) atoms. The number of rotatable bonds is 9. The summed E-state index contributed by atoms with van der Waals surface area (Å²) in [7, 11) is 0. The quantitative estimate of drug-likeness (QED) is 0.283. The van der Waals surface area contributed by atoms with Crippen LogP contribution in [0.15, 0.2) is 54.1 Å². The summed E-state index contributed by atoms with van der Waals surface area (Å²) in [5.74, 6) is -1.53. The van der Waals surface area contributed by atoms with Crippen LogP contribution in [0.25, 0.3) is 5.76 Å². The van der Waals surface area contributed by atoms with Gasteiger partial charge in [0.1, 0.15) is 17.3 Å². The van der Waals surface area contributed by atoms with Crippen LogP contribution in [0, 0.1) is 5.82 Å². The molecule has 2 aromatic carbocycles. The summed E-state index contributed by atoms with van der Waals surface area (Å²) in [4.78, 5) is 27.1. The molecule has 0 radical (unpaired) electrons. The molecule has 164 valence electrons. The highest BCUT2D eigenvalue weighted by Crippen LogP contribution is 2.39. The summed E-state index contributed by atoms with van der Waals surface area (Å²) >= 11 is 0. The highest BCUT2D eigenvalue weighted by atomic mass is 19.1. The lowest BCUT2D eigenvalue weighted by Gasteiger charge is -2.25. The maximum absolute atomic E-state index is 13.5. The van der Waals surface area contributed by atoms with E-state index in [-0.39, 0.29) is 17.9 Å². The third-order valence-corrected chi connectivity index (χ3v) is 5.06. The van der Waals surface area contributed by atoms with Crippen LogP contribution in [0.3, 0.4) is 0 Å². The number of benzene rings is 2. The maximum Gasteiger partial charge on any atom is 0.295 e. The van der Waals surface area contributed by atoms with Gasteiger partial charge in [0.05, 0.1) is 18.2 Å². The lowest BCUT2D eigenvalue weighted by Crippen LogP contribution is -2.31. The molecule has 0 spiro atoms. The minimum atomic E-state index is -0.811. The molecule has 0 unspecified atom stereocenters. The first-order valence-corrected chi connectivity index (χ1v) is 10.3. The molecular weight excluding hydrogens is 401 g/mol. The molecule has 0 aliphatic carbocycles. The SMILES string of the molecule is CCOCCCN1C(=O)C(=O)C(=C(O)c2ccc(OCC)cc2)[C@H]1c1ccc(F)cc1. The van der Waals surface area contributed by atoms with E-state index in [0.29, 0.717) is 43.1 Å². The zero-order valence-electron chi connectivity index (χ0n) is 17.6. The van der Waals surface area contributed by atoms with Crippen molar-refractivity contribution in [2.24, 2.45) is 0 Å². The molecule has 0 saturated carbocycles. The van der Waals surface area contributed by atoms with E-state index in [0.717, 1.165) is 0 Å². The summed E-state index contributed by atoms with van der Waals surface area (Å²) in [6.07, 6.45) is 0.529. The van der Waals surface area contributed by atoms with Crippen LogP contribution in [0.4, 0.5) is 4.39 Å². The van der Waals surface area contributed by atoms with Gasteiger partial charge in [-0.25, -0.2) is 4.39 Å². The number of carbonyl (C=O) groups excluding carboxylic acids is 2. The number of halogens is 1. The predicted molar refractivity (Wildman–Crippen MR) is 114 cm³/mol. The average Bonchev–Trinajstić information content (AvgIpc) is 3.02. The van der Waals surface area contributed by atoms with Crippen molar-refractivity contribution < 1.29 is 28.6 Å². The molecule has 1 heterocycles. The monoisotopic (exact) mass is 427 g/mol. The summed E-state index contributed by atoms with van der Waals surface area (Å²) in [6.45, 7) is 5.51. The van der Waals surface area contributed by atoms with Gasteiger partial charge >= 0.3 is 0 Å². The van der Waals surface area contributed by atoms with Gasteiger partial charge in [-0.2, -0.15) is 0 Å². The zero-order valence-corrected chi connectivity index (χ0v) is 17.6. The Hall–Kier alpha value is -3.19. The van der Waals surface area contributed by atoms with E-state index in [2.05, 4.69) is 0 Å². The van der Waals surface area contributed by atoms with Gasteiger partial charge in [0.2, 0.25) is 0 Å². The number of ether oxygens (including phenoxy) is 2. The van der Waals surface area contributed by atoms with Gasteiger partial charge in [-0.05, 0) is 62.2 Å². The number of aliphatic hydroxyl groups excluding tert-OH is 1. The van der Waals surface area contributed by atoms with Crippen molar-refractivity contribution in [3.8, 4) is 5.75 Å². The molecule has 0 aromatic heterocycles. The van der Waals surface area contributed by atoms with Crippen LogP contribution in [-0.2, 0) is 14.3 Å². The Morgan fingerprint density at radius 3 is 2.32 bits per heavy atom. The first-order valence-electron chi connectivity index (χ1n) is 10.3. The molecule has 1 fully saturated rings. The Bertz CT molecular complexity index is 953. The number of hydrogen-bond donors (Lipinski definition) is 1. The molecule has 1 amide bonds. The van der Waals surface area contributed by atoms with Gasteiger partial charge in [0.25, 0.3) is 11.7 Å². The minimum absolute atomic E-state index is 0.0165. The van der Waals surface area contributed by atoms with Crippen molar-refractivity contribution in [3.63, 3.8) is 0 Å². The zero-order chi connectivity index (χ0) is 22.4. The van der Waals surface area contributed by atoms with Gasteiger partial charge < -0.3 is 19.5 Å². The van der Waals surface area contributed by atoms with Crippen molar-refractivity contribution >= 4 is 17.4 Å². The number of ketones is 1. The number of hydrogen-bond acceptors (Lipinski definition) is 5. The van der Waals surface area contributed by atoms with E-state index >= 15 is 0 Å². The Morgan fingerprint density at radius 1 is 1.03 bits per heavy atom. The van der Waals surface area contributed by atoms with Crippen LogP contribution in [0.5, 0.6) is 5.75 Å². The molecule has 0 bridgehead atoms. The number of nitrogens with zero attached hydrogens (tertiary/aromatic N) is 1. The topological polar surface area (TPSA) is 76.1 Å². The summed E-state index contributed by atoms with van der Waals surface area (Å²) in [5.41, 5.74) is 0.921. The van der Waals surface area contributed by atoms with Crippen LogP contribution in [-0.4, -0.2) is 48.1 Å². The Balaban J connectivity index is 2.02. The van der Waals surface area contributed by atoms with E-state index in [1.807, 2.05) is 13.8 Å². The van der Waals surface area contributed by atoms with Crippen LogP contribution < -0.4 is 4.74 Å². The van der Waals surface area contributed by atoms with Crippen molar-refractivity contribution in [1.82, 2.24) is 4.90 Å². The van der Waals surface area contributed by atoms with E-state index in [1.165, 1.54) is 29.2 Å². The molecule has 2 aromatic rings. The molecule has 6 nitrogen and oxygen atoms in total. The van der Waals surface area contributed by atoms with Crippen LogP contribution in [0.2, 0.25) is 0 Å². The largest absolute Gasteiger partial charge is 0.507 e. The standard InChI is InChI=1S/C24H26FNO5/c1-3-30-15-5-14-26-21(16-6-10-18(25)11-7-16)20(23(28)24(26)29)22(27)17-8-12-19(13-9-17)31-4-2/h6-13,21,27H,3-5,14-15H2,1-2H3/t21-/m1/s1. The number of carbonyl (C=O) groups is 2. The van der Waals surface area contributed by atoms with Gasteiger partial charge in [-0.15, -0.1) is 0 Å². The van der Waals surface area contributed by atoms with E-state index in [1.54, 1.807) is 24.3 Å². The average molecular weight is 427 g/mol. The third-order valence-electron chi connectivity index (χ3n) is 5.06. The molecule has 1 atom stereocenters. The lowest BCUT2D eigenvalue weighted by atomic mass is 9.95. The van der Waals surface area contributed by atoms with Crippen molar-refractivity contribution in [1.29, 1.82) is 0 Å². The number of amides is 1. The Labute approximate surface area is 180 Å². The minimum Gasteiger partial charge on any atom is -0.507 e. The molecule has 7 heteroatoms. The second-order valence-corrected chi connectivity index (χ2v) is 7.05. The number of likely N-dealkylation sites (tertiary alicyclic amines) is 1. The molecule has 1 aliphatic rings. The normalized spacial score (nSPS) is 17.9. The lowest BCUT2D eigenvalue weighted by molar-refractivity contribution is -0.140. The molecular formula is C24H26FNO5. The first kappa shape index (κ1) is 22.5. The highest BCUT2D eigenvalue weighted by molar-refractivity contribution is 6.46. The van der Waals surface area contributed by atoms with Crippen LogP contribution >= 0.6 is 0 Å². The summed E-state index contributed by atoms with van der Waals surface area (Å²) in [6, 6.07) is 11.4. The van der Waals surface area contributed by atoms with E-state index in [9.17, 15) is 19.1 Å².